The Labute approximate surface area is 152 Å². The van der Waals surface area contributed by atoms with Crippen LogP contribution in [0.3, 0.4) is 0 Å². The van der Waals surface area contributed by atoms with Gasteiger partial charge in [-0.05, 0) is 43.7 Å². The van der Waals surface area contributed by atoms with E-state index in [9.17, 15) is 13.2 Å². The van der Waals surface area contributed by atoms with Crippen LogP contribution in [0.1, 0.15) is 12.5 Å². The van der Waals surface area contributed by atoms with E-state index in [4.69, 9.17) is 16.3 Å². The van der Waals surface area contributed by atoms with Gasteiger partial charge in [0.15, 0.2) is 0 Å². The van der Waals surface area contributed by atoms with E-state index in [-0.39, 0.29) is 9.92 Å². The van der Waals surface area contributed by atoms with Crippen molar-refractivity contribution in [3.63, 3.8) is 0 Å². The lowest BCUT2D eigenvalue weighted by molar-refractivity contribution is -0.117. The normalized spacial score (nSPS) is 12.5. The van der Waals surface area contributed by atoms with E-state index in [1.54, 1.807) is 12.1 Å². The van der Waals surface area contributed by atoms with Gasteiger partial charge < -0.3 is 10.1 Å². The molecule has 0 aromatic heterocycles. The van der Waals surface area contributed by atoms with Gasteiger partial charge in [-0.25, -0.2) is 8.42 Å². The number of hydrogen-bond donors (Lipinski definition) is 2. The highest BCUT2D eigenvalue weighted by atomic mass is 35.5. The highest BCUT2D eigenvalue weighted by Gasteiger charge is 2.23. The maximum absolute atomic E-state index is 12.4. The minimum atomic E-state index is -3.91. The van der Waals surface area contributed by atoms with Gasteiger partial charge in [-0.15, -0.1) is 0 Å². The van der Waals surface area contributed by atoms with E-state index in [0.717, 1.165) is 5.56 Å². The molecule has 6 nitrogen and oxygen atoms in total. The van der Waals surface area contributed by atoms with E-state index in [1.807, 2.05) is 19.1 Å². The first kappa shape index (κ1) is 19.2. The Hall–Kier alpha value is -2.09. The molecule has 0 unspecified atom stereocenters. The third kappa shape index (κ3) is 4.72. The summed E-state index contributed by atoms with van der Waals surface area (Å²) in [7, 11) is -2.47. The predicted molar refractivity (Wildman–Crippen MR) is 97.6 cm³/mol. The van der Waals surface area contributed by atoms with Crippen molar-refractivity contribution in [2.45, 2.75) is 24.8 Å². The second-order valence-corrected chi connectivity index (χ2v) is 7.56. The average molecular weight is 383 g/mol. The summed E-state index contributed by atoms with van der Waals surface area (Å²) in [6, 6.07) is 10.4. The topological polar surface area (TPSA) is 84.5 Å². The number of sulfonamides is 1. The number of benzene rings is 2. The fraction of sp³-hybridized carbons (Fsp3) is 0.235. The van der Waals surface area contributed by atoms with Gasteiger partial charge in [-0.2, -0.15) is 4.72 Å². The standard InChI is InChI=1S/C17H19ClN2O4S/c1-11-6-4-5-7-15(11)19-17(21)12(2)20-25(22,23)13-8-9-16(24-3)14(18)10-13/h4-10,12,20H,1-3H3,(H,19,21)/t12-/m1/s1. The molecule has 0 aliphatic rings. The van der Waals surface area contributed by atoms with E-state index in [0.29, 0.717) is 11.4 Å². The summed E-state index contributed by atoms with van der Waals surface area (Å²) in [6.45, 7) is 3.32. The second-order valence-electron chi connectivity index (χ2n) is 5.44. The van der Waals surface area contributed by atoms with Crippen LogP contribution in [0, 0.1) is 6.92 Å². The summed E-state index contributed by atoms with van der Waals surface area (Å²) < 4.78 is 32.2. The number of halogens is 1. The lowest BCUT2D eigenvalue weighted by atomic mass is 10.2. The maximum atomic E-state index is 12.4. The smallest absolute Gasteiger partial charge is 0.242 e. The minimum Gasteiger partial charge on any atom is -0.495 e. The molecular formula is C17H19ClN2O4S. The monoisotopic (exact) mass is 382 g/mol. The highest BCUT2D eigenvalue weighted by molar-refractivity contribution is 7.89. The number of hydrogen-bond acceptors (Lipinski definition) is 4. The van der Waals surface area contributed by atoms with Crippen molar-refractivity contribution in [2.75, 3.05) is 12.4 Å². The van der Waals surface area contributed by atoms with E-state index in [1.165, 1.54) is 32.2 Å². The van der Waals surface area contributed by atoms with Crippen molar-refractivity contribution < 1.29 is 17.9 Å². The van der Waals surface area contributed by atoms with Crippen LogP contribution in [0.2, 0.25) is 5.02 Å². The summed E-state index contributed by atoms with van der Waals surface area (Å²) in [6.07, 6.45) is 0. The summed E-state index contributed by atoms with van der Waals surface area (Å²) in [5, 5.41) is 2.87. The van der Waals surface area contributed by atoms with Crippen molar-refractivity contribution in [1.82, 2.24) is 4.72 Å². The Balaban J connectivity index is 2.12. The van der Waals surface area contributed by atoms with Crippen molar-refractivity contribution >= 4 is 33.2 Å². The highest BCUT2D eigenvalue weighted by Crippen LogP contribution is 2.27. The molecule has 1 atom stereocenters. The van der Waals surface area contributed by atoms with Crippen molar-refractivity contribution in [1.29, 1.82) is 0 Å². The van der Waals surface area contributed by atoms with E-state index in [2.05, 4.69) is 10.0 Å². The number of methoxy groups -OCH3 is 1. The third-order valence-corrected chi connectivity index (χ3v) is 5.40. The van der Waals surface area contributed by atoms with Crippen LogP contribution in [0.25, 0.3) is 0 Å². The fourth-order valence-electron chi connectivity index (χ4n) is 2.12. The summed E-state index contributed by atoms with van der Waals surface area (Å²) >= 11 is 5.96. The predicted octanol–water partition coefficient (Wildman–Crippen LogP) is 2.96. The Kier molecular flexibility index (Phi) is 6.05. The molecule has 0 fully saturated rings. The van der Waals surface area contributed by atoms with Gasteiger partial charge in [0.25, 0.3) is 0 Å². The molecule has 8 heteroatoms. The molecule has 0 spiro atoms. The number of nitrogens with one attached hydrogen (secondary N) is 2. The van der Waals surface area contributed by atoms with Gasteiger partial charge in [0, 0.05) is 5.69 Å². The fourth-order valence-corrected chi connectivity index (χ4v) is 3.67. The Bertz CT molecular complexity index is 884. The lowest BCUT2D eigenvalue weighted by Gasteiger charge is -2.16. The average Bonchev–Trinajstić information content (AvgIpc) is 2.56. The first-order chi connectivity index (χ1) is 11.7. The Morgan fingerprint density at radius 3 is 2.48 bits per heavy atom. The molecular weight excluding hydrogens is 364 g/mol. The largest absolute Gasteiger partial charge is 0.495 e. The summed E-state index contributed by atoms with van der Waals surface area (Å²) in [4.78, 5) is 12.2. The molecule has 2 aromatic carbocycles. The zero-order valence-electron chi connectivity index (χ0n) is 14.0. The Morgan fingerprint density at radius 2 is 1.88 bits per heavy atom. The van der Waals surface area contributed by atoms with Crippen LogP contribution >= 0.6 is 11.6 Å². The maximum Gasteiger partial charge on any atom is 0.242 e. The van der Waals surface area contributed by atoms with E-state index < -0.39 is 22.0 Å². The number of rotatable bonds is 6. The number of para-hydroxylation sites is 1. The molecule has 25 heavy (non-hydrogen) atoms. The molecule has 0 aliphatic carbocycles. The molecule has 0 radical (unpaired) electrons. The quantitative estimate of drug-likeness (QED) is 0.804. The molecule has 2 N–H and O–H groups in total. The van der Waals surface area contributed by atoms with Gasteiger partial charge in [0.2, 0.25) is 15.9 Å². The number of carbonyl (C=O) groups excluding carboxylic acids is 1. The zero-order chi connectivity index (χ0) is 18.6. The van der Waals surface area contributed by atoms with Gasteiger partial charge in [0.05, 0.1) is 23.1 Å². The number of carbonyl (C=O) groups is 1. The summed E-state index contributed by atoms with van der Waals surface area (Å²) in [5.74, 6) is -0.0940. The van der Waals surface area contributed by atoms with Crippen LogP contribution < -0.4 is 14.8 Å². The molecule has 2 rings (SSSR count). The molecule has 0 saturated carbocycles. The van der Waals surface area contributed by atoms with Gasteiger partial charge in [0.1, 0.15) is 5.75 Å². The van der Waals surface area contributed by atoms with E-state index >= 15 is 0 Å². The van der Waals surface area contributed by atoms with Gasteiger partial charge >= 0.3 is 0 Å². The molecule has 134 valence electrons. The summed E-state index contributed by atoms with van der Waals surface area (Å²) in [5.41, 5.74) is 1.51. The minimum absolute atomic E-state index is 0.0474. The molecule has 0 bridgehead atoms. The number of anilines is 1. The van der Waals surface area contributed by atoms with Gasteiger partial charge in [-0.3, -0.25) is 4.79 Å². The second kappa shape index (κ2) is 7.86. The first-order valence-electron chi connectivity index (χ1n) is 7.47. The molecule has 1 amide bonds. The van der Waals surface area contributed by atoms with Crippen molar-refractivity contribution in [2.24, 2.45) is 0 Å². The Morgan fingerprint density at radius 1 is 1.20 bits per heavy atom. The van der Waals surface area contributed by atoms with Crippen LogP contribution in [0.4, 0.5) is 5.69 Å². The van der Waals surface area contributed by atoms with Crippen LogP contribution in [-0.4, -0.2) is 27.5 Å². The molecule has 0 aliphatic heterocycles. The van der Waals surface area contributed by atoms with Crippen LogP contribution in [0.5, 0.6) is 5.75 Å². The number of ether oxygens (including phenoxy) is 1. The molecule has 0 heterocycles. The third-order valence-electron chi connectivity index (χ3n) is 3.56. The number of amides is 1. The van der Waals surface area contributed by atoms with Crippen LogP contribution in [-0.2, 0) is 14.8 Å². The van der Waals surface area contributed by atoms with Crippen molar-refractivity contribution in [3.8, 4) is 5.75 Å². The zero-order valence-corrected chi connectivity index (χ0v) is 15.6. The van der Waals surface area contributed by atoms with Gasteiger partial charge in [-0.1, -0.05) is 29.8 Å². The SMILES string of the molecule is COc1ccc(S(=O)(=O)N[C@H](C)C(=O)Nc2ccccc2C)cc1Cl. The first-order valence-corrected chi connectivity index (χ1v) is 9.33. The number of aryl methyl sites for hydroxylation is 1. The lowest BCUT2D eigenvalue weighted by Crippen LogP contribution is -2.41. The molecule has 2 aromatic rings. The van der Waals surface area contributed by atoms with Crippen LogP contribution in [0.15, 0.2) is 47.4 Å². The molecule has 0 saturated heterocycles. The van der Waals surface area contributed by atoms with Crippen molar-refractivity contribution in [3.05, 3.63) is 53.1 Å².